The highest BCUT2D eigenvalue weighted by molar-refractivity contribution is 6.01. The summed E-state index contributed by atoms with van der Waals surface area (Å²) in [6.07, 6.45) is 9.15. The molecule has 4 aliphatic carbocycles. The van der Waals surface area contributed by atoms with Crippen LogP contribution in [0.5, 0.6) is 0 Å². The lowest BCUT2D eigenvalue weighted by atomic mass is 9.57. The zero-order valence-electron chi connectivity index (χ0n) is 23.3. The molecule has 3 saturated carbocycles. The van der Waals surface area contributed by atoms with Gasteiger partial charge in [0.15, 0.2) is 5.78 Å². The number of allylic oxidation sites excluding steroid dienone is 1. The monoisotopic (exact) mass is 526 g/mol. The minimum absolute atomic E-state index is 0.0276. The number of ketones is 1. The Morgan fingerprint density at radius 2 is 2.03 bits per heavy atom. The van der Waals surface area contributed by atoms with Crippen molar-refractivity contribution >= 4 is 17.7 Å². The van der Waals surface area contributed by atoms with Gasteiger partial charge in [-0.2, -0.15) is 0 Å². The molecule has 2 heterocycles. The van der Waals surface area contributed by atoms with E-state index in [1.807, 2.05) is 6.92 Å². The summed E-state index contributed by atoms with van der Waals surface area (Å²) < 4.78 is 17.3. The number of epoxide rings is 1. The van der Waals surface area contributed by atoms with Crippen molar-refractivity contribution in [3.63, 3.8) is 0 Å². The SMILES string of the molecule is CCC[C@@]1(C)C(C2C[C@H]3O[C@]34[C@H](O)C=CC(=O)[C@@]43CC23)CCC1[C@H](C)C1CC(C)=C(COC(C)=O)C(=O)O1. The van der Waals surface area contributed by atoms with Crippen LogP contribution in [0.3, 0.4) is 0 Å². The third-order valence-corrected chi connectivity index (χ3v) is 11.7. The first-order valence-electron chi connectivity index (χ1n) is 14.6. The first-order valence-corrected chi connectivity index (χ1v) is 14.6. The van der Waals surface area contributed by atoms with Gasteiger partial charge in [0.05, 0.1) is 17.1 Å². The van der Waals surface area contributed by atoms with Crippen LogP contribution in [0.15, 0.2) is 23.3 Å². The van der Waals surface area contributed by atoms with E-state index in [0.29, 0.717) is 29.7 Å². The van der Waals surface area contributed by atoms with E-state index in [1.165, 1.54) is 6.92 Å². The maximum absolute atomic E-state index is 13.2. The standard InChI is InChI=1S/C31H42O7/c1-6-11-29(5)21(17(3)24-12-16(2)20(28(35)37-24)15-36-18(4)32)7-8-22(29)19-13-27-31(38-27)26(34)10-9-25(33)30(31)14-23(19)30/h9-10,17,19,21-24,26-27,34H,6-8,11-15H2,1-5H3/t17-,19?,21?,22?,23?,24?,26+,27+,29+,30-,31+/m0/s1. The molecular weight excluding hydrogens is 484 g/mol. The van der Waals surface area contributed by atoms with Crippen LogP contribution in [0.4, 0.5) is 0 Å². The zero-order chi connectivity index (χ0) is 27.2. The van der Waals surface area contributed by atoms with Gasteiger partial charge in [-0.05, 0) is 86.2 Å². The van der Waals surface area contributed by atoms with E-state index in [9.17, 15) is 19.5 Å². The van der Waals surface area contributed by atoms with Gasteiger partial charge in [0, 0.05) is 13.3 Å². The molecule has 7 heteroatoms. The molecule has 1 N–H and O–H groups in total. The smallest absolute Gasteiger partial charge is 0.337 e. The molecular formula is C31H42O7. The Balaban J connectivity index is 1.22. The minimum atomic E-state index is -0.683. The van der Waals surface area contributed by atoms with E-state index >= 15 is 0 Å². The molecule has 2 aliphatic heterocycles. The van der Waals surface area contributed by atoms with Crippen molar-refractivity contribution in [3.05, 3.63) is 23.3 Å². The Bertz CT molecular complexity index is 1120. The molecule has 6 aliphatic rings. The summed E-state index contributed by atoms with van der Waals surface area (Å²) in [7, 11) is 0. The third-order valence-electron chi connectivity index (χ3n) is 11.7. The fourth-order valence-corrected chi connectivity index (χ4v) is 9.92. The van der Waals surface area contributed by atoms with Crippen molar-refractivity contribution in [2.24, 2.45) is 40.4 Å². The van der Waals surface area contributed by atoms with Crippen LogP contribution in [-0.2, 0) is 28.6 Å². The van der Waals surface area contributed by atoms with Crippen LogP contribution in [0.25, 0.3) is 0 Å². The molecule has 0 aromatic heterocycles. The van der Waals surface area contributed by atoms with Gasteiger partial charge in [0.1, 0.15) is 24.4 Å². The van der Waals surface area contributed by atoms with Crippen molar-refractivity contribution in [3.8, 4) is 0 Å². The highest BCUT2D eigenvalue weighted by Crippen LogP contribution is 2.80. The van der Waals surface area contributed by atoms with Gasteiger partial charge in [0.25, 0.3) is 0 Å². The van der Waals surface area contributed by atoms with E-state index < -0.39 is 23.1 Å². The molecule has 1 saturated heterocycles. The number of carbonyl (C=O) groups is 3. The highest BCUT2D eigenvalue weighted by atomic mass is 16.6. The number of aliphatic hydroxyl groups is 1. The molecule has 4 fully saturated rings. The summed E-state index contributed by atoms with van der Waals surface area (Å²) in [5.74, 6) is 1.16. The number of rotatable bonds is 7. The second-order valence-electron chi connectivity index (χ2n) is 13.3. The van der Waals surface area contributed by atoms with Crippen molar-refractivity contribution < 1.29 is 33.7 Å². The third kappa shape index (κ3) is 3.43. The van der Waals surface area contributed by atoms with Gasteiger partial charge >= 0.3 is 11.9 Å². The predicted molar refractivity (Wildman–Crippen MR) is 139 cm³/mol. The zero-order valence-corrected chi connectivity index (χ0v) is 23.3. The molecule has 7 nitrogen and oxygen atoms in total. The Labute approximate surface area is 225 Å². The van der Waals surface area contributed by atoms with Gasteiger partial charge in [-0.25, -0.2) is 4.79 Å². The number of carbonyl (C=O) groups excluding carboxylic acids is 3. The molecule has 208 valence electrons. The van der Waals surface area contributed by atoms with Crippen LogP contribution >= 0.6 is 0 Å². The van der Waals surface area contributed by atoms with Crippen LogP contribution < -0.4 is 0 Å². The van der Waals surface area contributed by atoms with Gasteiger partial charge in [-0.1, -0.05) is 32.8 Å². The fraction of sp³-hybridized carbons (Fsp3) is 0.774. The minimum Gasteiger partial charge on any atom is -0.461 e. The van der Waals surface area contributed by atoms with E-state index in [2.05, 4.69) is 20.8 Å². The van der Waals surface area contributed by atoms with E-state index in [1.54, 1.807) is 12.2 Å². The van der Waals surface area contributed by atoms with Gasteiger partial charge < -0.3 is 19.3 Å². The number of cyclic esters (lactones) is 1. The second-order valence-corrected chi connectivity index (χ2v) is 13.3. The number of aliphatic hydroxyl groups excluding tert-OH is 1. The number of esters is 2. The predicted octanol–water partition coefficient (Wildman–Crippen LogP) is 4.31. The largest absolute Gasteiger partial charge is 0.461 e. The molecule has 0 radical (unpaired) electrons. The average molecular weight is 527 g/mol. The van der Waals surface area contributed by atoms with Crippen LogP contribution in [0.2, 0.25) is 0 Å². The lowest BCUT2D eigenvalue weighted by Crippen LogP contribution is -2.52. The molecule has 0 bridgehead atoms. The van der Waals surface area contributed by atoms with Crippen LogP contribution in [0, 0.1) is 40.4 Å². The van der Waals surface area contributed by atoms with E-state index in [-0.39, 0.29) is 47.8 Å². The first kappa shape index (κ1) is 26.2. The lowest BCUT2D eigenvalue weighted by Gasteiger charge is -2.46. The Morgan fingerprint density at radius 3 is 2.71 bits per heavy atom. The molecule has 11 atom stereocenters. The van der Waals surface area contributed by atoms with Crippen molar-refractivity contribution in [1.82, 2.24) is 0 Å². The Kier molecular flexibility index (Phi) is 6.05. The van der Waals surface area contributed by atoms with Crippen LogP contribution in [0.1, 0.15) is 79.6 Å². The highest BCUT2D eigenvalue weighted by Gasteiger charge is 2.87. The summed E-state index contributed by atoms with van der Waals surface area (Å²) in [5.41, 5.74) is 0.294. The van der Waals surface area contributed by atoms with Gasteiger partial charge in [0.2, 0.25) is 0 Å². The summed E-state index contributed by atoms with van der Waals surface area (Å²) >= 11 is 0. The molecule has 0 amide bonds. The first-order chi connectivity index (χ1) is 18.0. The lowest BCUT2D eigenvalue weighted by molar-refractivity contribution is -0.152. The quantitative estimate of drug-likeness (QED) is 0.389. The van der Waals surface area contributed by atoms with Crippen molar-refractivity contribution in [2.75, 3.05) is 6.61 Å². The average Bonchev–Trinajstić information content (AvgIpc) is 3.74. The molecule has 6 rings (SSSR count). The van der Waals surface area contributed by atoms with Crippen molar-refractivity contribution in [2.45, 2.75) is 103 Å². The number of hydrogen-bond donors (Lipinski definition) is 1. The molecule has 5 unspecified atom stereocenters. The molecule has 0 aromatic rings. The molecule has 2 spiro atoms. The normalized spacial score (nSPS) is 47.6. The summed E-state index contributed by atoms with van der Waals surface area (Å²) in [5, 5.41) is 10.8. The summed E-state index contributed by atoms with van der Waals surface area (Å²) in [6.45, 7) is 10.2. The Hall–Kier alpha value is -1.99. The maximum Gasteiger partial charge on any atom is 0.337 e. The molecule has 38 heavy (non-hydrogen) atoms. The maximum atomic E-state index is 13.2. The van der Waals surface area contributed by atoms with Gasteiger partial charge in [-0.3, -0.25) is 9.59 Å². The molecule has 0 aromatic carbocycles. The van der Waals surface area contributed by atoms with E-state index in [4.69, 9.17) is 14.2 Å². The number of hydrogen-bond acceptors (Lipinski definition) is 7. The van der Waals surface area contributed by atoms with Crippen molar-refractivity contribution in [1.29, 1.82) is 0 Å². The second kappa shape index (κ2) is 8.76. The topological polar surface area (TPSA) is 102 Å². The Morgan fingerprint density at radius 1 is 1.26 bits per heavy atom. The summed E-state index contributed by atoms with van der Waals surface area (Å²) in [4.78, 5) is 37.4. The number of ether oxygens (including phenoxy) is 3. The van der Waals surface area contributed by atoms with Gasteiger partial charge in [-0.15, -0.1) is 0 Å². The van der Waals surface area contributed by atoms with E-state index in [0.717, 1.165) is 44.1 Å². The fourth-order valence-electron chi connectivity index (χ4n) is 9.92. The van der Waals surface area contributed by atoms with Crippen LogP contribution in [-0.4, -0.2) is 53.3 Å². The summed E-state index contributed by atoms with van der Waals surface area (Å²) in [6, 6.07) is 0.